The summed E-state index contributed by atoms with van der Waals surface area (Å²) >= 11 is 0. The van der Waals surface area contributed by atoms with E-state index in [-0.39, 0.29) is 5.78 Å². The van der Waals surface area contributed by atoms with Crippen LogP contribution in [0.1, 0.15) is 39.0 Å². The molecule has 1 heterocycles. The van der Waals surface area contributed by atoms with E-state index in [0.29, 0.717) is 30.8 Å². The molecule has 0 radical (unpaired) electrons. The van der Waals surface area contributed by atoms with Gasteiger partial charge in [0.05, 0.1) is 4.90 Å². The lowest BCUT2D eigenvalue weighted by Gasteiger charge is -2.16. The van der Waals surface area contributed by atoms with Crippen LogP contribution in [0.4, 0.5) is 0 Å². The van der Waals surface area contributed by atoms with Crippen LogP contribution in [0, 0.1) is 6.92 Å². The summed E-state index contributed by atoms with van der Waals surface area (Å²) in [7, 11) is -3.60. The van der Waals surface area contributed by atoms with E-state index in [9.17, 15) is 13.2 Å². The molecule has 0 N–H and O–H groups in total. The molecule has 0 aromatic heterocycles. The van der Waals surface area contributed by atoms with Gasteiger partial charge in [0, 0.05) is 25.1 Å². The average molecular weight is 404 g/mol. The van der Waals surface area contributed by atoms with Crippen LogP contribution < -0.4 is 0 Å². The molecule has 5 heteroatoms. The third kappa shape index (κ3) is 2.93. The monoisotopic (exact) mass is 403 g/mol. The van der Waals surface area contributed by atoms with Crippen LogP contribution in [-0.4, -0.2) is 18.5 Å². The van der Waals surface area contributed by atoms with Crippen LogP contribution in [0.2, 0.25) is 0 Å². The van der Waals surface area contributed by atoms with Crippen molar-refractivity contribution in [3.63, 3.8) is 0 Å². The zero-order valence-corrected chi connectivity index (χ0v) is 17.0. The van der Waals surface area contributed by atoms with Crippen molar-refractivity contribution in [1.82, 2.24) is 4.31 Å². The first kappa shape index (κ1) is 18.3. The van der Waals surface area contributed by atoms with Crippen molar-refractivity contribution in [2.75, 3.05) is 0 Å². The Morgan fingerprint density at radius 2 is 1.48 bits per heavy atom. The molecular weight excluding hydrogens is 382 g/mol. The molecule has 0 bridgehead atoms. The number of rotatable bonds is 3. The second-order valence-corrected chi connectivity index (χ2v) is 9.72. The number of hydrogen-bond donors (Lipinski definition) is 0. The minimum atomic E-state index is -3.60. The quantitative estimate of drug-likeness (QED) is 0.647. The Kier molecular flexibility index (Phi) is 4.19. The Labute approximate surface area is 170 Å². The van der Waals surface area contributed by atoms with E-state index in [1.165, 1.54) is 4.31 Å². The number of carbonyl (C=O) groups is 1. The molecule has 5 rings (SSSR count). The smallest absolute Gasteiger partial charge is 0.243 e. The van der Waals surface area contributed by atoms with E-state index < -0.39 is 10.0 Å². The van der Waals surface area contributed by atoms with Crippen molar-refractivity contribution in [2.24, 2.45) is 0 Å². The summed E-state index contributed by atoms with van der Waals surface area (Å²) in [5.41, 5.74) is 6.85. The highest BCUT2D eigenvalue weighted by Gasteiger charge is 2.36. The van der Waals surface area contributed by atoms with Crippen molar-refractivity contribution >= 4 is 15.8 Å². The van der Waals surface area contributed by atoms with E-state index in [0.717, 1.165) is 38.9 Å². The van der Waals surface area contributed by atoms with Crippen LogP contribution in [0.3, 0.4) is 0 Å². The normalized spacial score (nSPS) is 16.1. The molecule has 1 aliphatic heterocycles. The van der Waals surface area contributed by atoms with Crippen LogP contribution in [0.25, 0.3) is 11.1 Å². The standard InChI is InChI=1S/C24H21NO3S/c1-16-7-9-18(10-8-16)29(27,28)25-14-22-19-11-12-24(26)21(19)13-20(23(22)15-25)17-5-3-2-4-6-17/h2-10,13H,11-12,14-15H2,1H3. The van der Waals surface area contributed by atoms with Gasteiger partial charge in [-0.2, -0.15) is 4.31 Å². The van der Waals surface area contributed by atoms with Gasteiger partial charge in [0.25, 0.3) is 0 Å². The first-order valence-corrected chi connectivity index (χ1v) is 11.2. The lowest BCUT2D eigenvalue weighted by molar-refractivity contribution is 0.0994. The second-order valence-electron chi connectivity index (χ2n) is 7.78. The molecule has 4 nitrogen and oxygen atoms in total. The average Bonchev–Trinajstić information content (AvgIpc) is 3.33. The van der Waals surface area contributed by atoms with Crippen molar-refractivity contribution in [3.8, 4) is 11.1 Å². The third-order valence-electron chi connectivity index (χ3n) is 5.98. The molecule has 3 aromatic rings. The molecule has 0 spiro atoms. The molecule has 0 atom stereocenters. The number of hydrogen-bond acceptors (Lipinski definition) is 3. The molecule has 0 saturated carbocycles. The zero-order valence-electron chi connectivity index (χ0n) is 16.2. The topological polar surface area (TPSA) is 54.5 Å². The van der Waals surface area contributed by atoms with Crippen LogP contribution in [0.5, 0.6) is 0 Å². The summed E-state index contributed by atoms with van der Waals surface area (Å²) < 4.78 is 28.1. The first-order chi connectivity index (χ1) is 13.9. The van der Waals surface area contributed by atoms with Crippen LogP contribution in [-0.2, 0) is 29.5 Å². The van der Waals surface area contributed by atoms with Crippen molar-refractivity contribution in [1.29, 1.82) is 0 Å². The van der Waals surface area contributed by atoms with Gasteiger partial charge in [0.1, 0.15) is 0 Å². The largest absolute Gasteiger partial charge is 0.294 e. The van der Waals surface area contributed by atoms with Crippen LogP contribution in [0.15, 0.2) is 65.6 Å². The minimum absolute atomic E-state index is 0.153. The zero-order chi connectivity index (χ0) is 20.2. The fourth-order valence-electron chi connectivity index (χ4n) is 4.42. The lowest BCUT2D eigenvalue weighted by Crippen LogP contribution is -2.25. The van der Waals surface area contributed by atoms with Gasteiger partial charge < -0.3 is 0 Å². The van der Waals surface area contributed by atoms with E-state index in [2.05, 4.69) is 0 Å². The molecule has 2 aliphatic rings. The maximum absolute atomic E-state index is 13.3. The summed E-state index contributed by atoms with van der Waals surface area (Å²) in [5.74, 6) is 0.153. The van der Waals surface area contributed by atoms with Crippen LogP contribution >= 0.6 is 0 Å². The predicted molar refractivity (Wildman–Crippen MR) is 112 cm³/mol. The molecular formula is C24H21NO3S. The highest BCUT2D eigenvalue weighted by atomic mass is 32.2. The molecule has 0 saturated heterocycles. The Morgan fingerprint density at radius 1 is 0.793 bits per heavy atom. The van der Waals surface area contributed by atoms with E-state index in [1.807, 2.05) is 55.5 Å². The second kappa shape index (κ2) is 6.65. The highest BCUT2D eigenvalue weighted by molar-refractivity contribution is 7.89. The molecule has 0 amide bonds. The first-order valence-electron chi connectivity index (χ1n) is 9.78. The Hall–Kier alpha value is -2.76. The third-order valence-corrected chi connectivity index (χ3v) is 7.79. The maximum Gasteiger partial charge on any atom is 0.243 e. The highest BCUT2D eigenvalue weighted by Crippen LogP contribution is 2.41. The van der Waals surface area contributed by atoms with Gasteiger partial charge in [-0.25, -0.2) is 8.42 Å². The number of sulfonamides is 1. The van der Waals surface area contributed by atoms with Gasteiger partial charge in [0.15, 0.2) is 5.78 Å². The van der Waals surface area contributed by atoms with Gasteiger partial charge in [-0.1, -0.05) is 48.0 Å². The summed E-state index contributed by atoms with van der Waals surface area (Å²) in [6.07, 6.45) is 1.20. The van der Waals surface area contributed by atoms with Gasteiger partial charge in [0.2, 0.25) is 10.0 Å². The number of benzene rings is 3. The molecule has 29 heavy (non-hydrogen) atoms. The summed E-state index contributed by atoms with van der Waals surface area (Å²) in [4.78, 5) is 12.8. The Morgan fingerprint density at radius 3 is 2.21 bits per heavy atom. The summed E-state index contributed by atoms with van der Waals surface area (Å²) in [6, 6.07) is 18.9. The van der Waals surface area contributed by atoms with Gasteiger partial charge in [-0.3, -0.25) is 4.79 Å². The van der Waals surface area contributed by atoms with Gasteiger partial charge >= 0.3 is 0 Å². The predicted octanol–water partition coefficient (Wildman–Crippen LogP) is 4.50. The number of ketones is 1. The fraction of sp³-hybridized carbons (Fsp3) is 0.208. The molecule has 146 valence electrons. The van der Waals surface area contributed by atoms with Gasteiger partial charge in [-0.05, 0) is 59.4 Å². The number of fused-ring (bicyclic) bond motifs is 3. The van der Waals surface area contributed by atoms with E-state index in [4.69, 9.17) is 0 Å². The molecule has 1 aliphatic carbocycles. The Balaban J connectivity index is 1.63. The van der Waals surface area contributed by atoms with Crippen molar-refractivity contribution in [3.05, 3.63) is 88.5 Å². The number of aryl methyl sites for hydroxylation is 1. The van der Waals surface area contributed by atoms with Crippen molar-refractivity contribution in [2.45, 2.75) is 37.8 Å². The molecule has 0 unspecified atom stereocenters. The van der Waals surface area contributed by atoms with Gasteiger partial charge in [-0.15, -0.1) is 0 Å². The maximum atomic E-state index is 13.3. The summed E-state index contributed by atoms with van der Waals surface area (Å²) in [6.45, 7) is 2.59. The SMILES string of the molecule is Cc1ccc(S(=O)(=O)N2Cc3c(-c4ccccc4)cc4c(c3C2)CCC4=O)cc1. The summed E-state index contributed by atoms with van der Waals surface area (Å²) in [5, 5.41) is 0. The van der Waals surface area contributed by atoms with Crippen molar-refractivity contribution < 1.29 is 13.2 Å². The number of Topliss-reactive ketones (excluding diaryl/α,β-unsaturated/α-hetero) is 1. The lowest BCUT2D eigenvalue weighted by atomic mass is 9.91. The number of carbonyl (C=O) groups excluding carboxylic acids is 1. The van der Waals surface area contributed by atoms with E-state index in [1.54, 1.807) is 12.1 Å². The Bertz CT molecular complexity index is 1230. The molecule has 0 fully saturated rings. The minimum Gasteiger partial charge on any atom is -0.294 e. The van der Waals surface area contributed by atoms with E-state index >= 15 is 0 Å². The molecule has 3 aromatic carbocycles. The number of nitrogens with zero attached hydrogens (tertiary/aromatic N) is 1. The fourth-order valence-corrected chi connectivity index (χ4v) is 5.79.